The molecule has 190 valence electrons. The third kappa shape index (κ3) is 4.03. The van der Waals surface area contributed by atoms with Crippen LogP contribution in [-0.2, 0) is 19.2 Å². The summed E-state index contributed by atoms with van der Waals surface area (Å²) in [7, 11) is 0. The number of nitrogens with one attached hydrogen (secondary N) is 2. The fourth-order valence-electron chi connectivity index (χ4n) is 5.27. The Balaban J connectivity index is 1.33. The number of carboxylic acids is 1. The normalized spacial score (nSPS) is 27.8. The van der Waals surface area contributed by atoms with E-state index in [2.05, 4.69) is 25.2 Å². The molecule has 0 bridgehead atoms. The summed E-state index contributed by atoms with van der Waals surface area (Å²) in [5.41, 5.74) is 6.24. The van der Waals surface area contributed by atoms with Crippen LogP contribution in [0.15, 0.2) is 28.1 Å². The molecule has 0 aromatic carbocycles. The number of aromatic nitrogens is 2. The highest BCUT2D eigenvalue weighted by Gasteiger charge is 2.54. The largest absolute Gasteiger partial charge is 0.477 e. The maximum atomic E-state index is 12.9. The van der Waals surface area contributed by atoms with E-state index >= 15 is 0 Å². The van der Waals surface area contributed by atoms with E-state index in [1.807, 2.05) is 4.90 Å². The van der Waals surface area contributed by atoms with Gasteiger partial charge in [-0.1, -0.05) is 0 Å². The van der Waals surface area contributed by atoms with E-state index in [4.69, 9.17) is 5.73 Å². The zero-order valence-corrected chi connectivity index (χ0v) is 19.9. The molecule has 4 atom stereocenters. The van der Waals surface area contributed by atoms with Gasteiger partial charge in [0.25, 0.3) is 11.8 Å². The van der Waals surface area contributed by atoms with Crippen molar-refractivity contribution in [3.63, 3.8) is 0 Å². The molecular weight excluding hydrogens is 492 g/mol. The zero-order valence-electron chi connectivity index (χ0n) is 19.0. The maximum absolute atomic E-state index is 12.9. The fraction of sp³-hybridized carbons (Fsp3) is 0.524. The van der Waals surface area contributed by atoms with Crippen molar-refractivity contribution in [2.75, 3.05) is 25.4 Å². The molecule has 3 amide bonds. The van der Waals surface area contributed by atoms with Gasteiger partial charge in [-0.3, -0.25) is 19.3 Å². The highest BCUT2D eigenvalue weighted by molar-refractivity contribution is 7.09. The van der Waals surface area contributed by atoms with E-state index in [1.54, 1.807) is 6.08 Å². The Kier molecular flexibility index (Phi) is 6.26. The van der Waals surface area contributed by atoms with Crippen molar-refractivity contribution in [1.29, 1.82) is 0 Å². The smallest absolute Gasteiger partial charge is 0.352 e. The number of rotatable bonds is 7. The van der Waals surface area contributed by atoms with Gasteiger partial charge in [-0.15, -0.1) is 4.91 Å². The molecular formula is C21H24N8O6S. The first-order valence-corrected chi connectivity index (χ1v) is 12.3. The Morgan fingerprint density at radius 3 is 2.75 bits per heavy atom. The number of nitrogen functional groups attached to an aromatic ring is 1. The number of aliphatic carboxylic acids is 1. The van der Waals surface area contributed by atoms with Crippen LogP contribution in [0.5, 0.6) is 0 Å². The van der Waals surface area contributed by atoms with Crippen molar-refractivity contribution in [2.45, 2.75) is 49.9 Å². The molecule has 3 saturated heterocycles. The first-order chi connectivity index (χ1) is 17.3. The molecule has 5 N–H and O–H groups in total. The van der Waals surface area contributed by atoms with Crippen LogP contribution in [0.1, 0.15) is 37.5 Å². The fourth-order valence-corrected chi connectivity index (χ4v) is 5.73. The van der Waals surface area contributed by atoms with E-state index in [9.17, 15) is 29.2 Å². The third-order valence-electron chi connectivity index (χ3n) is 7.01. The highest BCUT2D eigenvalue weighted by Crippen LogP contribution is 2.38. The van der Waals surface area contributed by atoms with Crippen LogP contribution in [0.3, 0.4) is 0 Å². The first kappa shape index (κ1) is 24.0. The summed E-state index contributed by atoms with van der Waals surface area (Å²) in [5, 5.41) is 18.4. The number of nitrogens with two attached hydrogens (primary N) is 1. The number of hydrogen-bond acceptors (Lipinski definition) is 11. The maximum Gasteiger partial charge on any atom is 0.352 e. The Bertz CT molecular complexity index is 1200. The molecule has 4 unspecified atom stereocenters. The topological polar surface area (TPSA) is 200 Å². The summed E-state index contributed by atoms with van der Waals surface area (Å²) in [6, 6.07) is -3.06. The summed E-state index contributed by atoms with van der Waals surface area (Å²) in [4.78, 5) is 68.6. The number of carbonyl (C=O) groups is 4. The van der Waals surface area contributed by atoms with E-state index in [0.29, 0.717) is 37.0 Å². The van der Waals surface area contributed by atoms with Gasteiger partial charge in [-0.2, -0.15) is 4.37 Å². The molecule has 1 aromatic heterocycles. The predicted octanol–water partition coefficient (Wildman–Crippen LogP) is -0.723. The minimum absolute atomic E-state index is 0.0614. The molecule has 0 aliphatic carbocycles. The van der Waals surface area contributed by atoms with Crippen LogP contribution < -0.4 is 16.4 Å². The van der Waals surface area contributed by atoms with Crippen molar-refractivity contribution < 1.29 is 24.3 Å². The lowest BCUT2D eigenvalue weighted by Crippen LogP contribution is -2.71. The lowest BCUT2D eigenvalue weighted by Gasteiger charge is -2.50. The van der Waals surface area contributed by atoms with Crippen LogP contribution in [0.25, 0.3) is 0 Å². The van der Waals surface area contributed by atoms with Crippen molar-refractivity contribution in [3.05, 3.63) is 33.7 Å². The van der Waals surface area contributed by atoms with Crippen molar-refractivity contribution in [1.82, 2.24) is 29.8 Å². The van der Waals surface area contributed by atoms with Gasteiger partial charge < -0.3 is 26.4 Å². The van der Waals surface area contributed by atoms with E-state index < -0.39 is 35.9 Å². The molecule has 3 fully saturated rings. The molecule has 0 radical (unpaired) electrons. The van der Waals surface area contributed by atoms with Crippen molar-refractivity contribution in [2.24, 2.45) is 5.18 Å². The Morgan fingerprint density at radius 2 is 2.11 bits per heavy atom. The number of carboxylic acid groups (broad SMARTS) is 1. The molecule has 36 heavy (non-hydrogen) atoms. The second-order valence-electron chi connectivity index (χ2n) is 9.04. The van der Waals surface area contributed by atoms with Crippen molar-refractivity contribution in [3.8, 4) is 0 Å². The number of β-lactam (4-membered cyclic amide) rings is 1. The third-order valence-corrected chi connectivity index (χ3v) is 7.57. The summed E-state index contributed by atoms with van der Waals surface area (Å²) in [5.74, 6) is -3.05. The number of nitrogens with zero attached hydrogens (tertiary/aromatic N) is 5. The standard InChI is InChI=1S/C21H24N8O6S/c22-21-25-16(27-36-21)14(26-35)17(30)24-13-12-2-1-9(15(20(33)34)29(12)19(13)32)7-10-4-6-28(18(10)31)11-3-5-23-8-11/h7,11-14,23H,1-6,8H2,(H,24,30)(H,33,34)(H2,22,25,27). The predicted molar refractivity (Wildman–Crippen MR) is 125 cm³/mol. The molecule has 5 heterocycles. The van der Waals surface area contributed by atoms with Gasteiger partial charge in [0.05, 0.1) is 6.04 Å². The summed E-state index contributed by atoms with van der Waals surface area (Å²) < 4.78 is 3.82. The van der Waals surface area contributed by atoms with Gasteiger partial charge >= 0.3 is 5.97 Å². The molecule has 4 aliphatic heterocycles. The van der Waals surface area contributed by atoms with Crippen LogP contribution in [0, 0.1) is 4.91 Å². The van der Waals surface area contributed by atoms with Crippen LogP contribution in [0.4, 0.5) is 5.13 Å². The number of amides is 3. The van der Waals surface area contributed by atoms with Crippen LogP contribution >= 0.6 is 11.5 Å². The van der Waals surface area contributed by atoms with Gasteiger partial charge in [0, 0.05) is 36.2 Å². The molecule has 15 heteroatoms. The summed E-state index contributed by atoms with van der Waals surface area (Å²) >= 11 is 0.802. The Morgan fingerprint density at radius 1 is 1.31 bits per heavy atom. The van der Waals surface area contributed by atoms with E-state index in [-0.39, 0.29) is 28.6 Å². The number of hydrogen-bond donors (Lipinski definition) is 4. The van der Waals surface area contributed by atoms with Gasteiger partial charge in [-0.05, 0) is 49.1 Å². The second-order valence-corrected chi connectivity index (χ2v) is 9.83. The minimum Gasteiger partial charge on any atom is -0.477 e. The van der Waals surface area contributed by atoms with Gasteiger partial charge in [-0.25, -0.2) is 9.78 Å². The molecule has 5 rings (SSSR count). The van der Waals surface area contributed by atoms with Crippen LogP contribution in [0.2, 0.25) is 0 Å². The number of fused-ring (bicyclic) bond motifs is 1. The highest BCUT2D eigenvalue weighted by atomic mass is 32.1. The Labute approximate surface area is 208 Å². The Hall–Kier alpha value is -3.72. The number of allylic oxidation sites excluding steroid dienone is 2. The lowest BCUT2D eigenvalue weighted by atomic mass is 9.82. The monoisotopic (exact) mass is 516 g/mol. The molecule has 0 spiro atoms. The summed E-state index contributed by atoms with van der Waals surface area (Å²) in [6.45, 7) is 2.18. The molecule has 0 saturated carbocycles. The minimum atomic E-state index is -1.58. The van der Waals surface area contributed by atoms with E-state index in [1.165, 1.54) is 0 Å². The number of likely N-dealkylation sites (tertiary alicyclic amines) is 1. The number of anilines is 1. The second kappa shape index (κ2) is 9.39. The quantitative estimate of drug-likeness (QED) is 0.203. The molecule has 14 nitrogen and oxygen atoms in total. The first-order valence-electron chi connectivity index (χ1n) is 11.5. The van der Waals surface area contributed by atoms with Crippen molar-refractivity contribution >= 4 is 40.4 Å². The summed E-state index contributed by atoms with van der Waals surface area (Å²) in [6.07, 6.45) is 3.68. The number of nitroso groups, excluding NO2 is 1. The van der Waals surface area contributed by atoms with Crippen LogP contribution in [-0.4, -0.2) is 85.7 Å². The van der Waals surface area contributed by atoms with Gasteiger partial charge in [0.15, 0.2) is 11.0 Å². The average Bonchev–Trinajstić information content (AvgIpc) is 3.60. The van der Waals surface area contributed by atoms with Gasteiger partial charge in [0.1, 0.15) is 11.7 Å². The van der Waals surface area contributed by atoms with E-state index in [0.717, 1.165) is 35.9 Å². The SMILES string of the molecule is Nc1nc(C(N=O)C(=O)NC2C(=O)N3C(C(=O)O)=C(C=C4CCN(C5CCNC5)C4=O)CCC23)ns1. The van der Waals surface area contributed by atoms with Gasteiger partial charge in [0.2, 0.25) is 11.9 Å². The average molecular weight is 517 g/mol. The zero-order chi connectivity index (χ0) is 25.6. The molecule has 1 aromatic rings. The number of carbonyl (C=O) groups excluding carboxylic acids is 3. The lowest BCUT2D eigenvalue weighted by molar-refractivity contribution is -0.156. The molecule has 4 aliphatic rings.